The third-order valence-electron chi connectivity index (χ3n) is 3.61. The number of rotatable bonds is 2. The van der Waals surface area contributed by atoms with Crippen LogP contribution >= 0.6 is 0 Å². The van der Waals surface area contributed by atoms with Crippen LogP contribution in [0.5, 0.6) is 5.75 Å². The minimum absolute atomic E-state index is 0.697. The molecule has 0 spiro atoms. The van der Waals surface area contributed by atoms with E-state index in [9.17, 15) is 5.26 Å². The van der Waals surface area contributed by atoms with Crippen LogP contribution in [0.4, 0.5) is 5.82 Å². The maximum Gasteiger partial charge on any atom is 0.293 e. The number of nitrogens with zero attached hydrogens (tertiary/aromatic N) is 2. The summed E-state index contributed by atoms with van der Waals surface area (Å²) in [5.41, 5.74) is 1.73. The van der Waals surface area contributed by atoms with Crippen molar-refractivity contribution in [3.8, 4) is 11.8 Å². The SMILES string of the molecule is COc1ccc2[nH+]c(N3CCCC3)c(C#N)cc2c1. The Morgan fingerprint density at radius 2 is 2.05 bits per heavy atom. The minimum atomic E-state index is 0.697. The van der Waals surface area contributed by atoms with Crippen molar-refractivity contribution in [2.45, 2.75) is 12.8 Å². The van der Waals surface area contributed by atoms with Crippen LogP contribution < -0.4 is 14.6 Å². The fourth-order valence-electron chi connectivity index (χ4n) is 2.60. The van der Waals surface area contributed by atoms with Crippen LogP contribution in [0.25, 0.3) is 10.9 Å². The zero-order valence-corrected chi connectivity index (χ0v) is 10.9. The molecular weight excluding hydrogens is 238 g/mol. The molecule has 1 aliphatic rings. The highest BCUT2D eigenvalue weighted by atomic mass is 16.5. The third-order valence-corrected chi connectivity index (χ3v) is 3.61. The molecule has 19 heavy (non-hydrogen) atoms. The number of methoxy groups -OCH3 is 1. The molecule has 0 atom stereocenters. The van der Waals surface area contributed by atoms with Crippen molar-refractivity contribution in [3.63, 3.8) is 0 Å². The van der Waals surface area contributed by atoms with E-state index in [0.29, 0.717) is 5.56 Å². The van der Waals surface area contributed by atoms with Crippen molar-refractivity contribution < 1.29 is 9.72 Å². The van der Waals surface area contributed by atoms with Crippen molar-refractivity contribution in [1.82, 2.24) is 0 Å². The van der Waals surface area contributed by atoms with E-state index in [2.05, 4.69) is 16.0 Å². The molecule has 2 aromatic rings. The van der Waals surface area contributed by atoms with Crippen LogP contribution in [0.2, 0.25) is 0 Å². The maximum absolute atomic E-state index is 9.34. The lowest BCUT2D eigenvalue weighted by molar-refractivity contribution is -0.330. The van der Waals surface area contributed by atoms with Gasteiger partial charge in [-0.2, -0.15) is 5.26 Å². The zero-order valence-electron chi connectivity index (χ0n) is 10.9. The number of benzene rings is 1. The second-order valence-electron chi connectivity index (χ2n) is 4.79. The molecule has 96 valence electrons. The number of fused-ring (bicyclic) bond motifs is 1. The quantitative estimate of drug-likeness (QED) is 0.825. The predicted molar refractivity (Wildman–Crippen MR) is 73.2 cm³/mol. The summed E-state index contributed by atoms with van der Waals surface area (Å²) >= 11 is 0. The topological polar surface area (TPSA) is 50.4 Å². The Morgan fingerprint density at radius 3 is 2.74 bits per heavy atom. The van der Waals surface area contributed by atoms with Gasteiger partial charge in [-0.3, -0.25) is 4.90 Å². The van der Waals surface area contributed by atoms with Gasteiger partial charge in [0.05, 0.1) is 20.2 Å². The molecule has 4 nitrogen and oxygen atoms in total. The second kappa shape index (κ2) is 4.77. The normalized spacial score (nSPS) is 14.6. The Bertz CT molecular complexity index is 654. The number of anilines is 1. The van der Waals surface area contributed by atoms with E-state index in [-0.39, 0.29) is 0 Å². The molecule has 0 unspecified atom stereocenters. The number of aromatic amines is 1. The molecule has 1 N–H and O–H groups in total. The lowest BCUT2D eigenvalue weighted by Crippen LogP contribution is -2.27. The van der Waals surface area contributed by atoms with Crippen LogP contribution in [0.15, 0.2) is 24.3 Å². The second-order valence-corrected chi connectivity index (χ2v) is 4.79. The standard InChI is InChI=1S/C15H15N3O/c1-19-13-4-5-14-11(9-13)8-12(10-16)15(17-14)18-6-2-3-7-18/h4-5,8-9H,2-3,6-7H2,1H3/p+1. The first-order chi connectivity index (χ1) is 9.31. The summed E-state index contributed by atoms with van der Waals surface area (Å²) in [7, 11) is 1.65. The highest BCUT2D eigenvalue weighted by molar-refractivity contribution is 5.80. The average molecular weight is 254 g/mol. The van der Waals surface area contributed by atoms with Crippen LogP contribution in [0.3, 0.4) is 0 Å². The predicted octanol–water partition coefficient (Wildman–Crippen LogP) is 2.13. The first-order valence-corrected chi connectivity index (χ1v) is 6.51. The van der Waals surface area contributed by atoms with E-state index >= 15 is 0 Å². The molecule has 1 aromatic heterocycles. The highest BCUT2D eigenvalue weighted by Crippen LogP contribution is 2.24. The van der Waals surface area contributed by atoms with Gasteiger partial charge in [0.25, 0.3) is 5.82 Å². The smallest absolute Gasteiger partial charge is 0.293 e. The molecular formula is C15H16N3O+. The number of pyridine rings is 1. The summed E-state index contributed by atoms with van der Waals surface area (Å²) in [5.74, 6) is 1.75. The first kappa shape index (κ1) is 11.8. The molecule has 0 radical (unpaired) electrons. The summed E-state index contributed by atoms with van der Waals surface area (Å²) in [4.78, 5) is 5.64. The summed E-state index contributed by atoms with van der Waals surface area (Å²) < 4.78 is 5.22. The Morgan fingerprint density at radius 1 is 1.26 bits per heavy atom. The number of hydrogen-bond acceptors (Lipinski definition) is 3. The van der Waals surface area contributed by atoms with Gasteiger partial charge in [-0.15, -0.1) is 0 Å². The molecule has 1 aliphatic heterocycles. The molecule has 0 bridgehead atoms. The molecule has 0 amide bonds. The zero-order chi connectivity index (χ0) is 13.2. The number of aromatic nitrogens is 1. The fourth-order valence-corrected chi connectivity index (χ4v) is 2.60. The van der Waals surface area contributed by atoms with Gasteiger partial charge >= 0.3 is 0 Å². The van der Waals surface area contributed by atoms with Gasteiger partial charge in [0, 0.05) is 5.39 Å². The number of nitriles is 1. The Kier molecular flexibility index (Phi) is 2.96. The van der Waals surface area contributed by atoms with E-state index in [0.717, 1.165) is 35.6 Å². The summed E-state index contributed by atoms with van der Waals surface area (Å²) in [6, 6.07) is 10.1. The van der Waals surface area contributed by atoms with Crippen molar-refractivity contribution in [3.05, 3.63) is 29.8 Å². The molecule has 1 saturated heterocycles. The third kappa shape index (κ3) is 2.08. The highest BCUT2D eigenvalue weighted by Gasteiger charge is 2.24. The first-order valence-electron chi connectivity index (χ1n) is 6.51. The van der Waals surface area contributed by atoms with E-state index in [1.807, 2.05) is 24.3 Å². The maximum atomic E-state index is 9.34. The summed E-state index contributed by atoms with van der Waals surface area (Å²) in [5, 5.41) is 10.3. The lowest BCUT2D eigenvalue weighted by atomic mass is 10.1. The number of hydrogen-bond donors (Lipinski definition) is 0. The fraction of sp³-hybridized carbons (Fsp3) is 0.333. The van der Waals surface area contributed by atoms with Gasteiger partial charge in [-0.05, 0) is 37.1 Å². The molecule has 4 heteroatoms. The van der Waals surface area contributed by atoms with E-state index < -0.39 is 0 Å². The average Bonchev–Trinajstić information content (AvgIpc) is 2.99. The minimum Gasteiger partial charge on any atom is -0.497 e. The summed E-state index contributed by atoms with van der Waals surface area (Å²) in [6.07, 6.45) is 2.39. The molecule has 0 aliphatic carbocycles. The molecule has 0 saturated carbocycles. The van der Waals surface area contributed by atoms with Crippen LogP contribution in [-0.2, 0) is 0 Å². The monoisotopic (exact) mass is 254 g/mol. The summed E-state index contributed by atoms with van der Waals surface area (Å²) in [6.45, 7) is 2.04. The Balaban J connectivity index is 2.15. The van der Waals surface area contributed by atoms with Crippen molar-refractivity contribution >= 4 is 16.7 Å². The van der Waals surface area contributed by atoms with Crippen LogP contribution in [-0.4, -0.2) is 20.2 Å². The van der Waals surface area contributed by atoms with Gasteiger partial charge in [-0.1, -0.05) is 0 Å². The van der Waals surface area contributed by atoms with E-state index in [1.165, 1.54) is 12.8 Å². The van der Waals surface area contributed by atoms with Gasteiger partial charge < -0.3 is 4.74 Å². The lowest BCUT2D eigenvalue weighted by Gasteiger charge is -2.11. The van der Waals surface area contributed by atoms with Crippen molar-refractivity contribution in [2.75, 3.05) is 25.1 Å². The van der Waals surface area contributed by atoms with Crippen molar-refractivity contribution in [2.24, 2.45) is 0 Å². The largest absolute Gasteiger partial charge is 0.497 e. The van der Waals surface area contributed by atoms with E-state index in [1.54, 1.807) is 7.11 Å². The van der Waals surface area contributed by atoms with E-state index in [4.69, 9.17) is 4.74 Å². The number of ether oxygens (including phenoxy) is 1. The van der Waals surface area contributed by atoms with Gasteiger partial charge in [0.2, 0.25) is 0 Å². The Labute approximate surface area is 112 Å². The van der Waals surface area contributed by atoms with Gasteiger partial charge in [-0.25, -0.2) is 4.98 Å². The van der Waals surface area contributed by atoms with Gasteiger partial charge in [0.15, 0.2) is 0 Å². The Hall–Kier alpha value is -2.28. The molecule has 2 heterocycles. The van der Waals surface area contributed by atoms with Crippen LogP contribution in [0, 0.1) is 11.3 Å². The van der Waals surface area contributed by atoms with Gasteiger partial charge in [0.1, 0.15) is 22.9 Å². The van der Waals surface area contributed by atoms with Crippen LogP contribution in [0.1, 0.15) is 18.4 Å². The van der Waals surface area contributed by atoms with Crippen molar-refractivity contribution in [1.29, 1.82) is 5.26 Å². The molecule has 1 fully saturated rings. The number of H-pyrrole nitrogens is 1. The molecule has 3 rings (SSSR count). The molecule has 1 aromatic carbocycles. The number of nitrogens with one attached hydrogen (secondary N) is 1.